The molecular weight excluding hydrogens is 302 g/mol. The summed E-state index contributed by atoms with van der Waals surface area (Å²) in [6.07, 6.45) is 6.03. The van der Waals surface area contributed by atoms with Crippen LogP contribution in [0.15, 0.2) is 18.2 Å². The third kappa shape index (κ3) is 3.23. The smallest absolute Gasteiger partial charge is 0.410 e. The van der Waals surface area contributed by atoms with E-state index in [2.05, 4.69) is 22.8 Å². The lowest BCUT2D eigenvalue weighted by atomic mass is 10.1. The normalized spacial score (nSPS) is 21.0. The predicted molar refractivity (Wildman–Crippen MR) is 93.5 cm³/mol. The van der Waals surface area contributed by atoms with Gasteiger partial charge in [-0.2, -0.15) is 0 Å². The molecular formula is C19H23N3O2. The lowest BCUT2D eigenvalue weighted by Crippen LogP contribution is -2.37. The molecule has 126 valence electrons. The highest BCUT2D eigenvalue weighted by molar-refractivity contribution is 5.77. The van der Waals surface area contributed by atoms with E-state index >= 15 is 0 Å². The highest BCUT2D eigenvalue weighted by Gasteiger charge is 2.38. The lowest BCUT2D eigenvalue weighted by molar-refractivity contribution is 0.0215. The molecule has 0 saturated carbocycles. The fourth-order valence-electron chi connectivity index (χ4n) is 3.10. The summed E-state index contributed by atoms with van der Waals surface area (Å²) in [4.78, 5) is 22.3. The number of benzene rings is 1. The van der Waals surface area contributed by atoms with Crippen LogP contribution in [-0.4, -0.2) is 33.1 Å². The zero-order valence-corrected chi connectivity index (χ0v) is 14.6. The average molecular weight is 325 g/mol. The van der Waals surface area contributed by atoms with E-state index in [1.807, 2.05) is 39.0 Å². The van der Waals surface area contributed by atoms with Crippen molar-refractivity contribution in [2.45, 2.75) is 45.8 Å². The maximum Gasteiger partial charge on any atom is 0.410 e. The zero-order valence-electron chi connectivity index (χ0n) is 14.6. The van der Waals surface area contributed by atoms with Gasteiger partial charge in [0.05, 0.1) is 17.1 Å². The van der Waals surface area contributed by atoms with Gasteiger partial charge in [0.25, 0.3) is 0 Å². The number of aromatic amines is 1. The van der Waals surface area contributed by atoms with E-state index in [4.69, 9.17) is 11.2 Å². The number of aromatic nitrogens is 2. The van der Waals surface area contributed by atoms with E-state index < -0.39 is 5.60 Å². The summed E-state index contributed by atoms with van der Waals surface area (Å²) >= 11 is 0. The molecule has 1 amide bonds. The number of terminal acetylenes is 1. The number of nitrogens with one attached hydrogen (secondary N) is 1. The second kappa shape index (κ2) is 5.86. The van der Waals surface area contributed by atoms with Crippen LogP contribution in [0.3, 0.4) is 0 Å². The molecule has 0 radical (unpaired) electrons. The van der Waals surface area contributed by atoms with Crippen LogP contribution in [0.2, 0.25) is 0 Å². The molecule has 2 aromatic rings. The van der Waals surface area contributed by atoms with Crippen LogP contribution >= 0.6 is 0 Å². The molecule has 1 saturated heterocycles. The van der Waals surface area contributed by atoms with E-state index in [1.54, 1.807) is 4.90 Å². The van der Waals surface area contributed by atoms with Gasteiger partial charge in [0, 0.05) is 12.1 Å². The Hall–Kier alpha value is -2.48. The highest BCUT2D eigenvalue weighted by Crippen LogP contribution is 2.35. The van der Waals surface area contributed by atoms with Gasteiger partial charge in [-0.05, 0) is 51.3 Å². The second-order valence-corrected chi connectivity index (χ2v) is 7.49. The summed E-state index contributed by atoms with van der Waals surface area (Å²) in [5.74, 6) is 3.81. The number of rotatable bonds is 1. The van der Waals surface area contributed by atoms with Crippen LogP contribution < -0.4 is 0 Å². The molecule has 0 spiro atoms. The number of imidazole rings is 1. The largest absolute Gasteiger partial charge is 0.444 e. The molecule has 0 bridgehead atoms. The van der Waals surface area contributed by atoms with Gasteiger partial charge < -0.3 is 9.72 Å². The molecule has 1 aromatic carbocycles. The molecule has 1 aromatic heterocycles. The van der Waals surface area contributed by atoms with Crippen LogP contribution in [-0.2, 0) is 4.74 Å². The standard InChI is InChI=1S/C19H23N3O2/c1-6-13-7-8-14-15(10-13)21-17(20-14)16-9-12(2)11-22(16)18(23)24-19(3,4)5/h1,7-8,10,12,16H,9,11H2,2-5H3,(H,20,21). The minimum absolute atomic E-state index is 0.100. The molecule has 2 unspecified atom stereocenters. The van der Waals surface area contributed by atoms with Crippen molar-refractivity contribution in [2.75, 3.05) is 6.54 Å². The van der Waals surface area contributed by atoms with Gasteiger partial charge >= 0.3 is 6.09 Å². The van der Waals surface area contributed by atoms with E-state index in [1.165, 1.54) is 0 Å². The second-order valence-electron chi connectivity index (χ2n) is 7.49. The van der Waals surface area contributed by atoms with Crippen molar-refractivity contribution in [1.82, 2.24) is 14.9 Å². The monoisotopic (exact) mass is 325 g/mol. The number of H-pyrrole nitrogens is 1. The number of hydrogen-bond acceptors (Lipinski definition) is 3. The Bertz CT molecular complexity index is 810. The van der Waals surface area contributed by atoms with Gasteiger partial charge in [-0.15, -0.1) is 6.42 Å². The maximum atomic E-state index is 12.5. The van der Waals surface area contributed by atoms with Crippen molar-refractivity contribution < 1.29 is 9.53 Å². The predicted octanol–water partition coefficient (Wildman–Crippen LogP) is 3.86. The minimum Gasteiger partial charge on any atom is -0.444 e. The van der Waals surface area contributed by atoms with Crippen LogP contribution in [0.4, 0.5) is 4.79 Å². The Kier molecular flexibility index (Phi) is 4.00. The first-order valence-corrected chi connectivity index (χ1v) is 8.23. The van der Waals surface area contributed by atoms with Gasteiger partial charge in [0.2, 0.25) is 0 Å². The van der Waals surface area contributed by atoms with Gasteiger partial charge in [0.15, 0.2) is 0 Å². The molecule has 5 heteroatoms. The van der Waals surface area contributed by atoms with Gasteiger partial charge in [-0.3, -0.25) is 4.90 Å². The number of likely N-dealkylation sites (tertiary alicyclic amines) is 1. The molecule has 0 aliphatic carbocycles. The van der Waals surface area contributed by atoms with Crippen LogP contribution in [0.1, 0.15) is 51.5 Å². The van der Waals surface area contributed by atoms with E-state index in [0.29, 0.717) is 12.5 Å². The number of ether oxygens (including phenoxy) is 1. The number of carbonyl (C=O) groups is 1. The first-order chi connectivity index (χ1) is 11.3. The third-order valence-corrected chi connectivity index (χ3v) is 4.12. The first kappa shape index (κ1) is 16.4. The molecule has 1 aliphatic heterocycles. The van der Waals surface area contributed by atoms with Gasteiger partial charge in [0.1, 0.15) is 11.4 Å². The van der Waals surface area contributed by atoms with Crippen molar-refractivity contribution in [3.8, 4) is 12.3 Å². The minimum atomic E-state index is -0.511. The number of amides is 1. The van der Waals surface area contributed by atoms with Crippen LogP contribution in [0.5, 0.6) is 0 Å². The Morgan fingerprint density at radius 2 is 2.21 bits per heavy atom. The number of nitrogens with zero attached hydrogens (tertiary/aromatic N) is 2. The molecule has 2 atom stereocenters. The molecule has 2 heterocycles. The lowest BCUT2D eigenvalue weighted by Gasteiger charge is -2.27. The summed E-state index contributed by atoms with van der Waals surface area (Å²) in [5, 5.41) is 0. The van der Waals surface area contributed by atoms with Crippen molar-refractivity contribution in [2.24, 2.45) is 5.92 Å². The molecule has 1 fully saturated rings. The first-order valence-electron chi connectivity index (χ1n) is 8.23. The van der Waals surface area contributed by atoms with Crippen molar-refractivity contribution in [1.29, 1.82) is 0 Å². The van der Waals surface area contributed by atoms with Crippen molar-refractivity contribution >= 4 is 17.1 Å². The van der Waals surface area contributed by atoms with E-state index in [0.717, 1.165) is 28.8 Å². The van der Waals surface area contributed by atoms with Crippen molar-refractivity contribution in [3.05, 3.63) is 29.6 Å². The topological polar surface area (TPSA) is 58.2 Å². The van der Waals surface area contributed by atoms with E-state index in [-0.39, 0.29) is 12.1 Å². The average Bonchev–Trinajstić information content (AvgIpc) is 3.07. The van der Waals surface area contributed by atoms with Gasteiger partial charge in [-0.1, -0.05) is 12.8 Å². The molecule has 5 nitrogen and oxygen atoms in total. The fourth-order valence-corrected chi connectivity index (χ4v) is 3.10. The van der Waals surface area contributed by atoms with Crippen LogP contribution in [0, 0.1) is 18.3 Å². The molecule has 3 rings (SSSR count). The van der Waals surface area contributed by atoms with Crippen LogP contribution in [0.25, 0.3) is 11.0 Å². The number of carbonyl (C=O) groups excluding carboxylic acids is 1. The summed E-state index contributed by atoms with van der Waals surface area (Å²) in [5.41, 5.74) is 2.04. The number of hydrogen-bond donors (Lipinski definition) is 1. The fraction of sp³-hybridized carbons (Fsp3) is 0.474. The molecule has 1 N–H and O–H groups in total. The summed E-state index contributed by atoms with van der Waals surface area (Å²) < 4.78 is 5.55. The highest BCUT2D eigenvalue weighted by atomic mass is 16.6. The summed E-state index contributed by atoms with van der Waals surface area (Å²) in [6, 6.07) is 5.58. The zero-order chi connectivity index (χ0) is 17.5. The van der Waals surface area contributed by atoms with E-state index in [9.17, 15) is 4.79 Å². The SMILES string of the molecule is C#Cc1ccc2nc(C3CC(C)CN3C(=O)OC(C)(C)C)[nH]c2c1. The van der Waals surface area contributed by atoms with Crippen molar-refractivity contribution in [3.63, 3.8) is 0 Å². The molecule has 24 heavy (non-hydrogen) atoms. The quantitative estimate of drug-likeness (QED) is 0.810. The summed E-state index contributed by atoms with van der Waals surface area (Å²) in [7, 11) is 0. The third-order valence-electron chi connectivity index (χ3n) is 4.12. The Morgan fingerprint density at radius 1 is 1.46 bits per heavy atom. The Balaban J connectivity index is 1.91. The molecule has 1 aliphatic rings. The number of fused-ring (bicyclic) bond motifs is 1. The summed E-state index contributed by atoms with van der Waals surface area (Å²) in [6.45, 7) is 8.44. The maximum absolute atomic E-state index is 12.5. The Morgan fingerprint density at radius 3 is 2.88 bits per heavy atom. The Labute approximate surface area is 142 Å². The van der Waals surface area contributed by atoms with Gasteiger partial charge in [-0.25, -0.2) is 9.78 Å².